The summed E-state index contributed by atoms with van der Waals surface area (Å²) >= 11 is 6.11. The van der Waals surface area contributed by atoms with E-state index in [1.165, 1.54) is 0 Å². The summed E-state index contributed by atoms with van der Waals surface area (Å²) in [5, 5.41) is 3.23. The number of hydrogen-bond acceptors (Lipinski definition) is 5. The van der Waals surface area contributed by atoms with E-state index < -0.39 is 9.84 Å². The molecule has 112 valence electrons. The first kappa shape index (κ1) is 15.5. The Balaban J connectivity index is 2.17. The highest BCUT2D eigenvalue weighted by Gasteiger charge is 2.31. The van der Waals surface area contributed by atoms with E-state index in [0.717, 1.165) is 12.0 Å². The van der Waals surface area contributed by atoms with Crippen molar-refractivity contribution in [3.05, 3.63) is 16.5 Å². The molecule has 20 heavy (non-hydrogen) atoms. The summed E-state index contributed by atoms with van der Waals surface area (Å²) in [6, 6.07) is 0. The maximum absolute atomic E-state index is 11.8. The van der Waals surface area contributed by atoms with E-state index in [0.29, 0.717) is 35.5 Å². The lowest BCUT2D eigenvalue weighted by molar-refractivity contribution is 0.591. The molecule has 1 unspecified atom stereocenters. The lowest BCUT2D eigenvalue weighted by Gasteiger charge is -2.15. The normalized spacial score (nSPS) is 21.4. The topological polar surface area (TPSA) is 72.0 Å². The molecule has 2 heterocycles. The van der Waals surface area contributed by atoms with Crippen LogP contribution < -0.4 is 5.32 Å². The second kappa shape index (κ2) is 5.85. The van der Waals surface area contributed by atoms with Crippen LogP contribution in [0.4, 0.5) is 5.82 Å². The van der Waals surface area contributed by atoms with Crippen molar-refractivity contribution in [2.45, 2.75) is 44.8 Å². The average Bonchev–Trinajstić information content (AvgIpc) is 2.70. The molecule has 0 saturated carbocycles. The highest BCUT2D eigenvalue weighted by molar-refractivity contribution is 7.92. The summed E-state index contributed by atoms with van der Waals surface area (Å²) in [7, 11) is -2.95. The molecule has 0 aliphatic carbocycles. The minimum Gasteiger partial charge on any atom is -0.368 e. The fourth-order valence-corrected chi connectivity index (χ4v) is 4.18. The number of rotatable bonds is 4. The third-order valence-corrected chi connectivity index (χ3v) is 6.22. The molecular formula is C13H20ClN3O2S. The van der Waals surface area contributed by atoms with Gasteiger partial charge in [0.05, 0.1) is 11.0 Å². The molecule has 1 fully saturated rings. The second-order valence-corrected chi connectivity index (χ2v) is 8.27. The van der Waals surface area contributed by atoms with Gasteiger partial charge in [-0.1, -0.05) is 25.4 Å². The Morgan fingerprint density at radius 3 is 2.65 bits per heavy atom. The Hall–Kier alpha value is -0.880. The van der Waals surface area contributed by atoms with Gasteiger partial charge in [-0.05, 0) is 19.8 Å². The Morgan fingerprint density at radius 2 is 2.10 bits per heavy atom. The van der Waals surface area contributed by atoms with Gasteiger partial charge in [0, 0.05) is 18.0 Å². The Morgan fingerprint density at radius 1 is 1.40 bits per heavy atom. The molecule has 1 N–H and O–H groups in total. The summed E-state index contributed by atoms with van der Waals surface area (Å²) in [5.41, 5.74) is 0.756. The fraction of sp³-hybridized carbons (Fsp3) is 0.692. The number of aromatic nitrogens is 2. The van der Waals surface area contributed by atoms with E-state index in [-0.39, 0.29) is 11.2 Å². The number of halogens is 1. The van der Waals surface area contributed by atoms with Crippen LogP contribution in [0.5, 0.6) is 0 Å². The molecule has 0 aromatic carbocycles. The van der Waals surface area contributed by atoms with Gasteiger partial charge in [-0.25, -0.2) is 18.4 Å². The predicted molar refractivity (Wildman–Crippen MR) is 81.2 cm³/mol. The maximum Gasteiger partial charge on any atom is 0.154 e. The van der Waals surface area contributed by atoms with Crippen molar-refractivity contribution in [1.82, 2.24) is 9.97 Å². The van der Waals surface area contributed by atoms with Crippen molar-refractivity contribution in [3.8, 4) is 0 Å². The summed E-state index contributed by atoms with van der Waals surface area (Å²) in [6.45, 7) is 6.20. The number of sulfone groups is 1. The molecule has 0 amide bonds. The molecule has 0 radical (unpaired) electrons. The van der Waals surface area contributed by atoms with Crippen molar-refractivity contribution in [1.29, 1.82) is 0 Å². The zero-order valence-electron chi connectivity index (χ0n) is 12.0. The van der Waals surface area contributed by atoms with Crippen molar-refractivity contribution in [2.75, 3.05) is 17.6 Å². The van der Waals surface area contributed by atoms with Crippen LogP contribution in [0.1, 0.15) is 44.0 Å². The van der Waals surface area contributed by atoms with Crippen LogP contribution in [0.25, 0.3) is 0 Å². The number of anilines is 1. The van der Waals surface area contributed by atoms with E-state index in [9.17, 15) is 8.42 Å². The standard InChI is InChI=1S/C13H20ClN3O2S/c1-8(2)12-16-11(14)9(3)13(17-12)15-7-10-5-4-6-20(10,18)19/h8,10H,4-7H2,1-3H3,(H,15,16,17). The fourth-order valence-electron chi connectivity index (χ4n) is 2.23. The van der Waals surface area contributed by atoms with E-state index in [1.807, 2.05) is 20.8 Å². The summed E-state index contributed by atoms with van der Waals surface area (Å²) < 4.78 is 23.6. The molecule has 1 aliphatic rings. The second-order valence-electron chi connectivity index (χ2n) is 5.51. The van der Waals surface area contributed by atoms with Gasteiger partial charge in [-0.2, -0.15) is 0 Å². The monoisotopic (exact) mass is 317 g/mol. The maximum atomic E-state index is 11.8. The lowest BCUT2D eigenvalue weighted by atomic mass is 10.2. The van der Waals surface area contributed by atoms with Crippen molar-refractivity contribution >= 4 is 27.3 Å². The van der Waals surface area contributed by atoms with Gasteiger partial charge in [0.2, 0.25) is 0 Å². The highest BCUT2D eigenvalue weighted by Crippen LogP contribution is 2.25. The van der Waals surface area contributed by atoms with E-state index in [2.05, 4.69) is 15.3 Å². The van der Waals surface area contributed by atoms with Crippen LogP contribution in [-0.2, 0) is 9.84 Å². The van der Waals surface area contributed by atoms with Gasteiger partial charge >= 0.3 is 0 Å². The molecule has 0 bridgehead atoms. The minimum atomic E-state index is -2.95. The molecule has 0 spiro atoms. The zero-order chi connectivity index (χ0) is 14.9. The van der Waals surface area contributed by atoms with Gasteiger partial charge in [0.25, 0.3) is 0 Å². The average molecular weight is 318 g/mol. The van der Waals surface area contributed by atoms with Gasteiger partial charge < -0.3 is 5.32 Å². The number of nitrogens with zero attached hydrogens (tertiary/aromatic N) is 2. The van der Waals surface area contributed by atoms with Gasteiger partial charge in [-0.3, -0.25) is 0 Å². The first-order valence-corrected chi connectivity index (χ1v) is 8.90. The predicted octanol–water partition coefficient (Wildman–Crippen LogP) is 2.55. The Kier molecular flexibility index (Phi) is 4.54. The largest absolute Gasteiger partial charge is 0.368 e. The summed E-state index contributed by atoms with van der Waals surface area (Å²) in [5.74, 6) is 1.76. The Bertz CT molecular complexity index is 602. The van der Waals surface area contributed by atoms with Crippen LogP contribution >= 0.6 is 11.6 Å². The zero-order valence-corrected chi connectivity index (χ0v) is 13.6. The van der Waals surface area contributed by atoms with Crippen LogP contribution in [0, 0.1) is 6.92 Å². The van der Waals surface area contributed by atoms with E-state index >= 15 is 0 Å². The molecule has 7 heteroatoms. The molecule has 2 rings (SSSR count). The van der Waals surface area contributed by atoms with Crippen molar-refractivity contribution in [3.63, 3.8) is 0 Å². The van der Waals surface area contributed by atoms with Gasteiger partial charge in [0.1, 0.15) is 16.8 Å². The Labute approximate surface area is 125 Å². The first-order valence-electron chi connectivity index (χ1n) is 6.80. The molecular weight excluding hydrogens is 298 g/mol. The lowest BCUT2D eigenvalue weighted by Crippen LogP contribution is -2.26. The summed E-state index contributed by atoms with van der Waals surface area (Å²) in [4.78, 5) is 8.68. The molecule has 1 aromatic heterocycles. The molecule has 1 atom stereocenters. The third kappa shape index (κ3) is 3.23. The van der Waals surface area contributed by atoms with E-state index in [4.69, 9.17) is 11.6 Å². The number of hydrogen-bond donors (Lipinski definition) is 1. The van der Waals surface area contributed by atoms with Crippen molar-refractivity contribution < 1.29 is 8.42 Å². The smallest absolute Gasteiger partial charge is 0.154 e. The number of nitrogens with one attached hydrogen (secondary N) is 1. The van der Waals surface area contributed by atoms with Crippen LogP contribution in [0.15, 0.2) is 0 Å². The van der Waals surface area contributed by atoms with Crippen LogP contribution in [0.3, 0.4) is 0 Å². The molecule has 1 saturated heterocycles. The van der Waals surface area contributed by atoms with Crippen LogP contribution in [-0.4, -0.2) is 35.9 Å². The van der Waals surface area contributed by atoms with Crippen molar-refractivity contribution in [2.24, 2.45) is 0 Å². The van der Waals surface area contributed by atoms with E-state index in [1.54, 1.807) is 0 Å². The molecule has 1 aromatic rings. The summed E-state index contributed by atoms with van der Waals surface area (Å²) in [6.07, 6.45) is 1.46. The minimum absolute atomic E-state index is 0.170. The molecule has 5 nitrogen and oxygen atoms in total. The van der Waals surface area contributed by atoms with Gasteiger partial charge in [0.15, 0.2) is 9.84 Å². The quantitative estimate of drug-likeness (QED) is 0.864. The van der Waals surface area contributed by atoms with Gasteiger partial charge in [-0.15, -0.1) is 0 Å². The molecule has 1 aliphatic heterocycles. The highest BCUT2D eigenvalue weighted by atomic mass is 35.5. The van der Waals surface area contributed by atoms with Crippen LogP contribution in [0.2, 0.25) is 5.15 Å². The first-order chi connectivity index (χ1) is 9.31. The third-order valence-electron chi connectivity index (χ3n) is 3.58. The SMILES string of the molecule is Cc1c(Cl)nc(C(C)C)nc1NCC1CCCS1(=O)=O.